The van der Waals surface area contributed by atoms with Crippen LogP contribution in [-0.2, 0) is 4.79 Å². The zero-order valence-corrected chi connectivity index (χ0v) is 19.4. The molecule has 8 heteroatoms. The summed E-state index contributed by atoms with van der Waals surface area (Å²) in [5.41, 5.74) is 0. The third-order valence-corrected chi connectivity index (χ3v) is 4.46. The third kappa shape index (κ3) is 15.3. The number of carboxylic acids is 1. The summed E-state index contributed by atoms with van der Waals surface area (Å²) >= 11 is 0. The molecule has 0 saturated carbocycles. The average Bonchev–Trinajstić information content (AvgIpc) is 2.66. The van der Waals surface area contributed by atoms with Gasteiger partial charge in [0.2, 0.25) is 0 Å². The van der Waals surface area contributed by atoms with Gasteiger partial charge in [0.15, 0.2) is 0 Å². The third-order valence-electron chi connectivity index (χ3n) is 4.46. The van der Waals surface area contributed by atoms with Gasteiger partial charge in [-0.25, -0.2) is 4.79 Å². The van der Waals surface area contributed by atoms with Gasteiger partial charge >= 0.3 is 6.03 Å². The molecule has 1 aromatic rings. The van der Waals surface area contributed by atoms with Crippen molar-refractivity contribution in [1.29, 1.82) is 0 Å². The van der Waals surface area contributed by atoms with Crippen LogP contribution < -0.4 is 25.2 Å². The second-order valence-corrected chi connectivity index (χ2v) is 8.73. The van der Waals surface area contributed by atoms with Gasteiger partial charge in [0, 0.05) is 25.0 Å². The van der Waals surface area contributed by atoms with Crippen molar-refractivity contribution in [3.8, 4) is 11.5 Å². The zero-order chi connectivity index (χ0) is 23.1. The molecule has 0 aromatic heterocycles. The number of aliphatic carboxylic acids is 1. The molecule has 2 N–H and O–H groups in total. The molecule has 0 bridgehead atoms. The van der Waals surface area contributed by atoms with Crippen molar-refractivity contribution in [2.45, 2.75) is 58.9 Å². The van der Waals surface area contributed by atoms with Gasteiger partial charge in [-0.1, -0.05) is 39.7 Å². The van der Waals surface area contributed by atoms with Crippen LogP contribution in [0.2, 0.25) is 0 Å². The molecule has 32 heavy (non-hydrogen) atoms. The number of carbonyl (C=O) groups excluding carboxylic acids is 2. The average molecular weight is 454 g/mol. The first-order chi connectivity index (χ1) is 14.7. The van der Waals surface area contributed by atoms with Gasteiger partial charge in [-0.3, -0.25) is 0 Å². The fourth-order valence-corrected chi connectivity index (χ4v) is 3.10. The van der Waals surface area contributed by atoms with Crippen LogP contribution in [0.3, 0.4) is 0 Å². The molecule has 1 aromatic carbocycles. The van der Waals surface area contributed by atoms with E-state index in [1.165, 1.54) is 19.3 Å². The molecule has 0 unspecified atom stereocenters. The quantitative estimate of drug-likeness (QED) is 0.296. The number of ether oxygens (including phenoxy) is 2. The largest absolute Gasteiger partial charge is 0.550 e. The van der Waals surface area contributed by atoms with Gasteiger partial charge < -0.3 is 34.5 Å². The van der Waals surface area contributed by atoms with Gasteiger partial charge in [0.1, 0.15) is 11.5 Å². The number of quaternary nitrogens is 1. The number of likely N-dealkylation sites (N-methyl/N-ethyl adjacent to an activating group) is 1. The molecule has 1 atom stereocenters. The first kappa shape index (κ1) is 29.5. The highest BCUT2D eigenvalue weighted by Gasteiger charge is 2.20. The number of carboxylic acid groups (broad SMARTS) is 1. The number of benzene rings is 1. The smallest absolute Gasteiger partial charge is 0.315 e. The van der Waals surface area contributed by atoms with E-state index in [1.807, 2.05) is 45.4 Å². The Morgan fingerprint density at radius 1 is 1.03 bits per heavy atom. The molecule has 0 radical (unpaired) electrons. The predicted molar refractivity (Wildman–Crippen MR) is 126 cm³/mol. The maximum atomic E-state index is 12.1. The fourth-order valence-electron chi connectivity index (χ4n) is 3.10. The minimum atomic E-state index is -1.18. The van der Waals surface area contributed by atoms with Crippen LogP contribution in [0, 0.1) is 0 Å². The Balaban J connectivity index is 0.00000961. The Labute approximate surface area is 193 Å². The fraction of sp³-hybridized carbons (Fsp3) is 0.667. The van der Waals surface area contributed by atoms with E-state index < -0.39 is 18.0 Å². The van der Waals surface area contributed by atoms with E-state index in [0.717, 1.165) is 17.9 Å². The molecule has 8 nitrogen and oxygen atoms in total. The molecule has 0 aliphatic rings. The summed E-state index contributed by atoms with van der Waals surface area (Å²) in [4.78, 5) is 23.0. The molecule has 1 rings (SSSR count). The van der Waals surface area contributed by atoms with Crippen LogP contribution >= 0.6 is 0 Å². The van der Waals surface area contributed by atoms with Crippen LogP contribution in [0.15, 0.2) is 24.3 Å². The number of unbranched alkanes of at least 4 members (excludes halogenated alkanes) is 3. The summed E-state index contributed by atoms with van der Waals surface area (Å²) in [7, 11) is 5.81. The lowest BCUT2D eigenvalue weighted by atomic mass is 10.2. The Morgan fingerprint density at radius 2 is 1.66 bits per heavy atom. The van der Waals surface area contributed by atoms with Crippen molar-refractivity contribution >= 4 is 12.0 Å². The highest BCUT2D eigenvalue weighted by molar-refractivity contribution is 5.75. The second-order valence-electron chi connectivity index (χ2n) is 8.73. The van der Waals surface area contributed by atoms with E-state index >= 15 is 0 Å². The van der Waals surface area contributed by atoms with E-state index in [0.29, 0.717) is 37.2 Å². The van der Waals surface area contributed by atoms with Crippen LogP contribution in [0.4, 0.5) is 4.79 Å². The number of hydrogen-bond donors (Lipinski definition) is 2. The van der Waals surface area contributed by atoms with Crippen LogP contribution in [0.1, 0.15) is 52.9 Å². The number of urea groups is 1. The van der Waals surface area contributed by atoms with Gasteiger partial charge in [-0.05, 0) is 25.0 Å². The van der Waals surface area contributed by atoms with E-state index in [2.05, 4.69) is 17.6 Å². The standard InChI is InChI=1S/C23H39N3O5.CH4/c1-5-6-7-8-14-30-20-11-9-12-21(17-20)31-15-10-13-24-23(29)25-19(16-22(27)28)18-26(2,3)4;/h9,11-12,17,19H,5-8,10,13-16,18H2,1-4H3,(H2-,24,25,27,28,29);1H4/t19-;/m1./s1. The molecule has 0 heterocycles. The lowest BCUT2D eigenvalue weighted by Gasteiger charge is -2.30. The maximum absolute atomic E-state index is 12.1. The Kier molecular flexibility index (Phi) is 14.9. The molecule has 0 spiro atoms. The number of nitrogens with zero attached hydrogens (tertiary/aromatic N) is 1. The highest BCUT2D eigenvalue weighted by Crippen LogP contribution is 2.20. The predicted octanol–water partition coefficient (Wildman–Crippen LogP) is 2.56. The minimum absolute atomic E-state index is 0. The van der Waals surface area contributed by atoms with Crippen molar-refractivity contribution in [3.05, 3.63) is 24.3 Å². The first-order valence-electron chi connectivity index (χ1n) is 11.1. The normalized spacial score (nSPS) is 11.8. The summed E-state index contributed by atoms with van der Waals surface area (Å²) in [5, 5.41) is 16.4. The molecule has 2 amide bonds. The molecular weight excluding hydrogens is 410 g/mol. The summed E-state index contributed by atoms with van der Waals surface area (Å²) in [6.45, 7) is 4.24. The monoisotopic (exact) mass is 453 g/mol. The van der Waals surface area contributed by atoms with E-state index in [4.69, 9.17) is 9.47 Å². The number of carbonyl (C=O) groups is 2. The van der Waals surface area contributed by atoms with Crippen molar-refractivity contribution < 1.29 is 28.7 Å². The Hall–Kier alpha value is -2.48. The molecule has 184 valence electrons. The number of nitrogens with one attached hydrogen (secondary N) is 2. The van der Waals surface area contributed by atoms with Gasteiger partial charge in [0.05, 0.1) is 46.9 Å². The van der Waals surface area contributed by atoms with Crippen molar-refractivity contribution in [2.24, 2.45) is 0 Å². The SMILES string of the molecule is C.CCCCCCOc1cccc(OCCCNC(=O)N[C@H](CC(=O)[O-])C[N+](C)(C)C)c1. The Bertz CT molecular complexity index is 661. The molecule has 0 fully saturated rings. The topological polar surface area (TPSA) is 99.7 Å². The van der Waals surface area contributed by atoms with Gasteiger partial charge in [-0.15, -0.1) is 0 Å². The van der Waals surface area contributed by atoms with E-state index in [1.54, 1.807) is 0 Å². The summed E-state index contributed by atoms with van der Waals surface area (Å²) in [6, 6.07) is 6.67. The number of hydrogen-bond acceptors (Lipinski definition) is 5. The molecule has 0 aliphatic heterocycles. The van der Waals surface area contributed by atoms with Crippen molar-refractivity contribution in [2.75, 3.05) is 47.4 Å². The van der Waals surface area contributed by atoms with Crippen LogP contribution in [-0.4, -0.2) is 70.0 Å². The van der Waals surface area contributed by atoms with Crippen LogP contribution in [0.25, 0.3) is 0 Å². The number of amides is 2. The summed E-state index contributed by atoms with van der Waals surface area (Å²) in [6.07, 6.45) is 5.06. The minimum Gasteiger partial charge on any atom is -0.550 e. The molecule has 0 aliphatic carbocycles. The summed E-state index contributed by atoms with van der Waals surface area (Å²) in [5.74, 6) is 0.342. The highest BCUT2D eigenvalue weighted by atomic mass is 16.5. The lowest BCUT2D eigenvalue weighted by molar-refractivity contribution is -0.871. The lowest BCUT2D eigenvalue weighted by Crippen LogP contribution is -2.53. The molecule has 0 saturated heterocycles. The van der Waals surface area contributed by atoms with Gasteiger partial charge in [-0.2, -0.15) is 0 Å². The summed E-state index contributed by atoms with van der Waals surface area (Å²) < 4.78 is 12.0. The molecular formula is C24H43N3O5. The Morgan fingerprint density at radius 3 is 2.22 bits per heavy atom. The van der Waals surface area contributed by atoms with Gasteiger partial charge in [0.25, 0.3) is 0 Å². The van der Waals surface area contributed by atoms with Crippen molar-refractivity contribution in [1.82, 2.24) is 10.6 Å². The van der Waals surface area contributed by atoms with Crippen LogP contribution in [0.5, 0.6) is 11.5 Å². The maximum Gasteiger partial charge on any atom is 0.315 e. The first-order valence-corrected chi connectivity index (χ1v) is 11.1. The van der Waals surface area contributed by atoms with E-state index in [-0.39, 0.29) is 13.8 Å². The van der Waals surface area contributed by atoms with E-state index in [9.17, 15) is 14.7 Å². The number of rotatable bonds is 16. The second kappa shape index (κ2) is 16.2. The van der Waals surface area contributed by atoms with Crippen molar-refractivity contribution in [3.63, 3.8) is 0 Å². The zero-order valence-electron chi connectivity index (χ0n) is 19.4.